The molecule has 2 atom stereocenters. The molecule has 1 aliphatic rings. The van der Waals surface area contributed by atoms with E-state index in [1.807, 2.05) is 53.4 Å². The van der Waals surface area contributed by atoms with Crippen LogP contribution >= 0.6 is 0 Å². The second-order valence-corrected chi connectivity index (χ2v) is 7.65. The number of amides is 1. The molecule has 1 aliphatic heterocycles. The molecule has 1 saturated heterocycles. The molecular formula is C23H30N2O3. The molecule has 0 aliphatic carbocycles. The summed E-state index contributed by atoms with van der Waals surface area (Å²) in [6.07, 6.45) is 1.19. The molecule has 1 heterocycles. The Balaban J connectivity index is 1.56. The van der Waals surface area contributed by atoms with E-state index in [0.717, 1.165) is 35.8 Å². The summed E-state index contributed by atoms with van der Waals surface area (Å²) >= 11 is 0. The summed E-state index contributed by atoms with van der Waals surface area (Å²) in [7, 11) is 1.64. The van der Waals surface area contributed by atoms with E-state index in [1.54, 1.807) is 7.11 Å². The lowest BCUT2D eigenvalue weighted by Crippen LogP contribution is -2.42. The molecular weight excluding hydrogens is 352 g/mol. The molecule has 0 aromatic heterocycles. The number of piperidine rings is 1. The van der Waals surface area contributed by atoms with Crippen LogP contribution in [0.25, 0.3) is 0 Å². The van der Waals surface area contributed by atoms with Gasteiger partial charge in [-0.1, -0.05) is 26.0 Å². The third-order valence-corrected chi connectivity index (χ3v) is 5.06. The van der Waals surface area contributed by atoms with Gasteiger partial charge in [0.2, 0.25) is 0 Å². The zero-order valence-electron chi connectivity index (χ0n) is 17.0. The molecule has 2 unspecified atom stereocenters. The highest BCUT2D eigenvalue weighted by molar-refractivity contribution is 5.99. The van der Waals surface area contributed by atoms with Gasteiger partial charge in [0.05, 0.1) is 12.7 Å². The lowest BCUT2D eigenvalue weighted by Gasteiger charge is -2.35. The standard InChI is InChI=1S/C23H30N2O3/c1-17-14-18(2)16-25(15-17)23(26)21-6-4-5-7-22(21)24-12-13-28-20-10-8-19(27-3)9-11-20/h4-11,17-18,24H,12-16H2,1-3H3. The summed E-state index contributed by atoms with van der Waals surface area (Å²) in [4.78, 5) is 15.1. The van der Waals surface area contributed by atoms with Gasteiger partial charge in [-0.15, -0.1) is 0 Å². The zero-order chi connectivity index (χ0) is 19.9. The highest BCUT2D eigenvalue weighted by Gasteiger charge is 2.27. The maximum absolute atomic E-state index is 13.1. The van der Waals surface area contributed by atoms with Crippen molar-refractivity contribution < 1.29 is 14.3 Å². The number of nitrogens with zero attached hydrogens (tertiary/aromatic N) is 1. The predicted octanol–water partition coefficient (Wildman–Crippen LogP) is 4.30. The van der Waals surface area contributed by atoms with Crippen molar-refractivity contribution in [1.82, 2.24) is 4.90 Å². The third-order valence-electron chi connectivity index (χ3n) is 5.06. The summed E-state index contributed by atoms with van der Waals surface area (Å²) in [5.74, 6) is 2.80. The number of hydrogen-bond acceptors (Lipinski definition) is 4. The van der Waals surface area contributed by atoms with Crippen molar-refractivity contribution >= 4 is 11.6 Å². The van der Waals surface area contributed by atoms with Crippen LogP contribution in [0.3, 0.4) is 0 Å². The van der Waals surface area contributed by atoms with Crippen molar-refractivity contribution in [3.05, 3.63) is 54.1 Å². The minimum atomic E-state index is 0.109. The van der Waals surface area contributed by atoms with Gasteiger partial charge >= 0.3 is 0 Å². The van der Waals surface area contributed by atoms with E-state index in [-0.39, 0.29) is 5.91 Å². The largest absolute Gasteiger partial charge is 0.497 e. The van der Waals surface area contributed by atoms with Crippen molar-refractivity contribution in [3.8, 4) is 11.5 Å². The van der Waals surface area contributed by atoms with Crippen LogP contribution in [0.2, 0.25) is 0 Å². The molecule has 5 nitrogen and oxygen atoms in total. The van der Waals surface area contributed by atoms with E-state index in [1.165, 1.54) is 6.42 Å². The Morgan fingerprint density at radius 2 is 1.68 bits per heavy atom. The number of hydrogen-bond donors (Lipinski definition) is 1. The zero-order valence-corrected chi connectivity index (χ0v) is 17.0. The maximum Gasteiger partial charge on any atom is 0.255 e. The summed E-state index contributed by atoms with van der Waals surface area (Å²) in [5.41, 5.74) is 1.59. The summed E-state index contributed by atoms with van der Waals surface area (Å²) in [6, 6.07) is 15.2. The fourth-order valence-corrected chi connectivity index (χ4v) is 3.85. The molecule has 0 spiro atoms. The minimum absolute atomic E-state index is 0.109. The molecule has 3 rings (SSSR count). The number of carbonyl (C=O) groups excluding carboxylic acids is 1. The van der Waals surface area contributed by atoms with Crippen LogP contribution < -0.4 is 14.8 Å². The molecule has 1 N–H and O–H groups in total. The lowest BCUT2D eigenvalue weighted by molar-refractivity contribution is 0.0624. The molecule has 2 aromatic carbocycles. The Hall–Kier alpha value is -2.69. The van der Waals surface area contributed by atoms with Gasteiger partial charge in [-0.2, -0.15) is 0 Å². The van der Waals surface area contributed by atoms with Gasteiger partial charge in [0.1, 0.15) is 18.1 Å². The number of methoxy groups -OCH3 is 1. The van der Waals surface area contributed by atoms with Crippen LogP contribution in [0.15, 0.2) is 48.5 Å². The van der Waals surface area contributed by atoms with Gasteiger partial charge in [-0.05, 0) is 54.7 Å². The highest BCUT2D eigenvalue weighted by atomic mass is 16.5. The molecule has 150 valence electrons. The lowest BCUT2D eigenvalue weighted by atomic mass is 9.91. The van der Waals surface area contributed by atoms with Crippen LogP contribution in [0.5, 0.6) is 11.5 Å². The average Bonchev–Trinajstić information content (AvgIpc) is 2.70. The van der Waals surface area contributed by atoms with Gasteiger partial charge in [0.15, 0.2) is 0 Å². The van der Waals surface area contributed by atoms with Crippen LogP contribution in [-0.2, 0) is 0 Å². The fourth-order valence-electron chi connectivity index (χ4n) is 3.85. The normalized spacial score (nSPS) is 19.2. The smallest absolute Gasteiger partial charge is 0.255 e. The van der Waals surface area contributed by atoms with Gasteiger partial charge < -0.3 is 19.7 Å². The Bertz CT molecular complexity index is 766. The first-order chi connectivity index (χ1) is 13.6. The minimum Gasteiger partial charge on any atom is -0.497 e. The Labute approximate surface area is 167 Å². The van der Waals surface area contributed by atoms with Crippen LogP contribution in [-0.4, -0.2) is 44.2 Å². The van der Waals surface area contributed by atoms with E-state index < -0.39 is 0 Å². The Morgan fingerprint density at radius 1 is 1.04 bits per heavy atom. The molecule has 1 fully saturated rings. The maximum atomic E-state index is 13.1. The average molecular weight is 383 g/mol. The van der Waals surface area contributed by atoms with Crippen LogP contribution in [0.4, 0.5) is 5.69 Å². The first-order valence-corrected chi connectivity index (χ1v) is 9.96. The quantitative estimate of drug-likeness (QED) is 0.725. The van der Waals surface area contributed by atoms with Crippen molar-refractivity contribution in [1.29, 1.82) is 0 Å². The monoisotopic (exact) mass is 382 g/mol. The third kappa shape index (κ3) is 5.18. The Kier molecular flexibility index (Phi) is 6.80. The van der Waals surface area contributed by atoms with E-state index in [4.69, 9.17) is 9.47 Å². The molecule has 2 aromatic rings. The second kappa shape index (κ2) is 9.49. The number of anilines is 1. The number of rotatable bonds is 7. The summed E-state index contributed by atoms with van der Waals surface area (Å²) in [5, 5.41) is 3.35. The van der Waals surface area contributed by atoms with Crippen molar-refractivity contribution in [3.63, 3.8) is 0 Å². The molecule has 1 amide bonds. The molecule has 0 saturated carbocycles. The topological polar surface area (TPSA) is 50.8 Å². The highest BCUT2D eigenvalue weighted by Crippen LogP contribution is 2.25. The first-order valence-electron chi connectivity index (χ1n) is 9.96. The van der Waals surface area contributed by atoms with Gasteiger partial charge in [0, 0.05) is 25.3 Å². The number of likely N-dealkylation sites (tertiary alicyclic amines) is 1. The fraction of sp³-hybridized carbons (Fsp3) is 0.435. The number of benzene rings is 2. The van der Waals surface area contributed by atoms with Crippen LogP contribution in [0.1, 0.15) is 30.6 Å². The summed E-state index contributed by atoms with van der Waals surface area (Å²) < 4.78 is 10.9. The Morgan fingerprint density at radius 3 is 2.36 bits per heavy atom. The summed E-state index contributed by atoms with van der Waals surface area (Å²) in [6.45, 7) is 7.22. The van der Waals surface area contributed by atoms with Gasteiger partial charge in [0.25, 0.3) is 5.91 Å². The van der Waals surface area contributed by atoms with Crippen molar-refractivity contribution in [2.75, 3.05) is 38.7 Å². The molecule has 28 heavy (non-hydrogen) atoms. The van der Waals surface area contributed by atoms with E-state index in [9.17, 15) is 4.79 Å². The number of ether oxygens (including phenoxy) is 2. The molecule has 5 heteroatoms. The van der Waals surface area contributed by atoms with E-state index in [2.05, 4.69) is 19.2 Å². The van der Waals surface area contributed by atoms with Gasteiger partial charge in [-0.25, -0.2) is 0 Å². The van der Waals surface area contributed by atoms with E-state index >= 15 is 0 Å². The molecule has 0 bridgehead atoms. The number of carbonyl (C=O) groups is 1. The number of para-hydroxylation sites is 1. The van der Waals surface area contributed by atoms with Crippen LogP contribution in [0, 0.1) is 11.8 Å². The van der Waals surface area contributed by atoms with E-state index in [0.29, 0.717) is 25.0 Å². The predicted molar refractivity (Wildman–Crippen MR) is 112 cm³/mol. The first kappa shape index (κ1) is 20.1. The molecule has 0 radical (unpaired) electrons. The SMILES string of the molecule is COc1ccc(OCCNc2ccccc2C(=O)N2CC(C)CC(C)C2)cc1. The van der Waals surface area contributed by atoms with Crippen molar-refractivity contribution in [2.24, 2.45) is 11.8 Å². The second-order valence-electron chi connectivity index (χ2n) is 7.65. The van der Waals surface area contributed by atoms with Crippen molar-refractivity contribution in [2.45, 2.75) is 20.3 Å². The van der Waals surface area contributed by atoms with Gasteiger partial charge in [-0.3, -0.25) is 4.79 Å². The number of nitrogens with one attached hydrogen (secondary N) is 1.